The van der Waals surface area contributed by atoms with E-state index in [-0.39, 0.29) is 0 Å². The zero-order valence-corrected chi connectivity index (χ0v) is 11.1. The van der Waals surface area contributed by atoms with Gasteiger partial charge in [0, 0.05) is 12.1 Å². The zero-order chi connectivity index (χ0) is 14.0. The van der Waals surface area contributed by atoms with Crippen LogP contribution < -0.4 is 20.1 Å². The normalized spacial score (nSPS) is 22.5. The van der Waals surface area contributed by atoms with Crippen molar-refractivity contribution < 1.29 is 19.1 Å². The van der Waals surface area contributed by atoms with Gasteiger partial charge in [0.05, 0.1) is 19.8 Å². The second kappa shape index (κ2) is 4.79. The highest BCUT2D eigenvalue weighted by atomic mass is 16.5. The van der Waals surface area contributed by atoms with Crippen LogP contribution in [0.5, 0.6) is 11.5 Å². The van der Waals surface area contributed by atoms with Gasteiger partial charge in [-0.05, 0) is 25.1 Å². The predicted molar refractivity (Wildman–Crippen MR) is 68.1 cm³/mol. The lowest BCUT2D eigenvalue weighted by molar-refractivity contribution is -0.142. The smallest absolute Gasteiger partial charge is 0.310 e. The van der Waals surface area contributed by atoms with Crippen molar-refractivity contribution in [2.45, 2.75) is 12.5 Å². The summed E-state index contributed by atoms with van der Waals surface area (Å²) in [7, 11) is 3.12. The molecule has 1 atom stereocenters. The zero-order valence-electron chi connectivity index (χ0n) is 11.1. The molecule has 2 N–H and O–H groups in total. The molecule has 0 aliphatic carbocycles. The van der Waals surface area contributed by atoms with Crippen molar-refractivity contribution in [2.24, 2.45) is 0 Å². The second-order valence-corrected chi connectivity index (χ2v) is 4.54. The Bertz CT molecular complexity index is 529. The molecule has 1 unspecified atom stereocenters. The first kappa shape index (κ1) is 13.2. The van der Waals surface area contributed by atoms with Crippen molar-refractivity contribution in [3.63, 3.8) is 0 Å². The minimum absolute atomic E-state index is 0.293. The number of benzene rings is 1. The van der Waals surface area contributed by atoms with Crippen LogP contribution in [-0.2, 0) is 15.1 Å². The summed E-state index contributed by atoms with van der Waals surface area (Å²) < 4.78 is 10.5. The van der Waals surface area contributed by atoms with E-state index in [1.807, 2.05) is 6.92 Å². The molecular weight excluding hydrogens is 248 g/mol. The SMILES string of the molecule is COc1ccc(OC)c(C2(C)CNC(=O)C(=O)N2)c1. The molecule has 2 rings (SSSR count). The van der Waals surface area contributed by atoms with Crippen LogP contribution in [0.25, 0.3) is 0 Å². The van der Waals surface area contributed by atoms with Gasteiger partial charge in [0.2, 0.25) is 0 Å². The summed E-state index contributed by atoms with van der Waals surface area (Å²) in [5.41, 5.74) is 0.0212. The van der Waals surface area contributed by atoms with Crippen molar-refractivity contribution >= 4 is 11.8 Å². The highest BCUT2D eigenvalue weighted by Crippen LogP contribution is 2.33. The third kappa shape index (κ3) is 2.33. The van der Waals surface area contributed by atoms with Gasteiger partial charge in [-0.3, -0.25) is 9.59 Å². The lowest BCUT2D eigenvalue weighted by Crippen LogP contribution is -2.61. The highest BCUT2D eigenvalue weighted by Gasteiger charge is 2.38. The summed E-state index contributed by atoms with van der Waals surface area (Å²) in [4.78, 5) is 22.8. The third-order valence-electron chi connectivity index (χ3n) is 3.20. The highest BCUT2D eigenvalue weighted by molar-refractivity contribution is 6.35. The van der Waals surface area contributed by atoms with E-state index in [9.17, 15) is 9.59 Å². The fraction of sp³-hybridized carbons (Fsp3) is 0.385. The Morgan fingerprint density at radius 1 is 1.16 bits per heavy atom. The summed E-state index contributed by atoms with van der Waals surface area (Å²) in [5.74, 6) is 0.000818. The molecule has 0 saturated carbocycles. The molecule has 1 aliphatic rings. The molecule has 0 radical (unpaired) electrons. The number of carbonyl (C=O) groups is 2. The van der Waals surface area contributed by atoms with Crippen molar-refractivity contribution in [1.29, 1.82) is 0 Å². The molecule has 6 nitrogen and oxygen atoms in total. The molecule has 6 heteroatoms. The van der Waals surface area contributed by atoms with Gasteiger partial charge in [-0.2, -0.15) is 0 Å². The molecule has 102 valence electrons. The van der Waals surface area contributed by atoms with Crippen LogP contribution in [0.3, 0.4) is 0 Å². The van der Waals surface area contributed by atoms with Crippen LogP contribution in [0.1, 0.15) is 12.5 Å². The lowest BCUT2D eigenvalue weighted by Gasteiger charge is -2.35. The first-order valence-corrected chi connectivity index (χ1v) is 5.83. The van der Waals surface area contributed by atoms with E-state index in [0.717, 1.165) is 5.56 Å². The maximum Gasteiger partial charge on any atom is 0.310 e. The number of hydrogen-bond acceptors (Lipinski definition) is 4. The fourth-order valence-corrected chi connectivity index (χ4v) is 2.10. The van der Waals surface area contributed by atoms with Gasteiger partial charge in [0.25, 0.3) is 0 Å². The maximum atomic E-state index is 11.5. The Morgan fingerprint density at radius 2 is 1.89 bits per heavy atom. The molecule has 0 aromatic heterocycles. The Balaban J connectivity index is 2.44. The molecular formula is C13H16N2O4. The van der Waals surface area contributed by atoms with Gasteiger partial charge >= 0.3 is 11.8 Å². The van der Waals surface area contributed by atoms with Crippen molar-refractivity contribution in [3.05, 3.63) is 23.8 Å². The Hall–Kier alpha value is -2.24. The van der Waals surface area contributed by atoms with Gasteiger partial charge in [-0.1, -0.05) is 0 Å². The molecule has 1 aromatic rings. The maximum absolute atomic E-state index is 11.5. The lowest BCUT2D eigenvalue weighted by atomic mass is 9.89. The number of rotatable bonds is 3. The topological polar surface area (TPSA) is 76.7 Å². The number of ether oxygens (including phenoxy) is 2. The monoisotopic (exact) mass is 264 g/mol. The molecule has 19 heavy (non-hydrogen) atoms. The number of piperazine rings is 1. The molecule has 0 spiro atoms. The minimum atomic E-state index is -0.731. The van der Waals surface area contributed by atoms with Gasteiger partial charge in [-0.15, -0.1) is 0 Å². The molecule has 1 heterocycles. The number of nitrogens with one attached hydrogen (secondary N) is 2. The van der Waals surface area contributed by atoms with Crippen LogP contribution in [-0.4, -0.2) is 32.6 Å². The largest absolute Gasteiger partial charge is 0.497 e. The van der Waals surface area contributed by atoms with Crippen LogP contribution in [0.2, 0.25) is 0 Å². The Labute approximate surface area is 111 Å². The molecule has 1 aromatic carbocycles. The summed E-state index contributed by atoms with van der Waals surface area (Å²) >= 11 is 0. The third-order valence-corrected chi connectivity index (χ3v) is 3.20. The first-order valence-electron chi connectivity index (χ1n) is 5.83. The van der Waals surface area contributed by atoms with Gasteiger partial charge in [0.1, 0.15) is 11.5 Å². The van der Waals surface area contributed by atoms with Gasteiger partial charge < -0.3 is 20.1 Å². The molecule has 2 amide bonds. The van der Waals surface area contributed by atoms with Crippen LogP contribution in [0.4, 0.5) is 0 Å². The molecule has 0 bridgehead atoms. The summed E-state index contributed by atoms with van der Waals surface area (Å²) in [6, 6.07) is 5.33. The molecule has 1 aliphatic heterocycles. The quantitative estimate of drug-likeness (QED) is 0.763. The van der Waals surface area contributed by atoms with Gasteiger partial charge in [-0.25, -0.2) is 0 Å². The van der Waals surface area contributed by atoms with Crippen LogP contribution in [0, 0.1) is 0 Å². The van der Waals surface area contributed by atoms with E-state index < -0.39 is 17.4 Å². The number of carbonyl (C=O) groups excluding carboxylic acids is 2. The number of methoxy groups -OCH3 is 2. The Kier molecular flexibility index (Phi) is 3.33. The van der Waals surface area contributed by atoms with Crippen LogP contribution >= 0.6 is 0 Å². The molecule has 1 fully saturated rings. The average molecular weight is 264 g/mol. The summed E-state index contributed by atoms with van der Waals surface area (Å²) in [6.45, 7) is 2.11. The average Bonchev–Trinajstić information content (AvgIpc) is 2.42. The minimum Gasteiger partial charge on any atom is -0.497 e. The van der Waals surface area contributed by atoms with Crippen LogP contribution in [0.15, 0.2) is 18.2 Å². The van der Waals surface area contributed by atoms with Crippen molar-refractivity contribution in [1.82, 2.24) is 10.6 Å². The Morgan fingerprint density at radius 3 is 2.47 bits per heavy atom. The number of hydrogen-bond donors (Lipinski definition) is 2. The summed E-state index contributed by atoms with van der Waals surface area (Å²) in [6.07, 6.45) is 0. The second-order valence-electron chi connectivity index (χ2n) is 4.54. The predicted octanol–water partition coefficient (Wildman–Crippen LogP) is 0.165. The molecule has 1 saturated heterocycles. The first-order chi connectivity index (χ1) is 9.00. The fourth-order valence-electron chi connectivity index (χ4n) is 2.10. The van der Waals surface area contributed by atoms with E-state index in [1.165, 1.54) is 0 Å². The van der Waals surface area contributed by atoms with Crippen molar-refractivity contribution in [3.8, 4) is 11.5 Å². The number of amides is 2. The van der Waals surface area contributed by atoms with E-state index >= 15 is 0 Å². The van der Waals surface area contributed by atoms with E-state index in [0.29, 0.717) is 18.0 Å². The van der Waals surface area contributed by atoms with Crippen molar-refractivity contribution in [2.75, 3.05) is 20.8 Å². The summed E-state index contributed by atoms with van der Waals surface area (Å²) in [5, 5.41) is 5.26. The van der Waals surface area contributed by atoms with E-state index in [2.05, 4.69) is 10.6 Å². The van der Waals surface area contributed by atoms with Gasteiger partial charge in [0.15, 0.2) is 0 Å². The van der Waals surface area contributed by atoms with E-state index in [4.69, 9.17) is 9.47 Å². The van der Waals surface area contributed by atoms with E-state index in [1.54, 1.807) is 32.4 Å². The standard InChI is InChI=1S/C13H16N2O4/c1-13(7-14-11(16)12(17)15-13)9-6-8(18-2)4-5-10(9)19-3/h4-6H,7H2,1-3H3,(H,14,16)(H,15,17).